The van der Waals surface area contributed by atoms with Crippen molar-refractivity contribution in [2.45, 2.75) is 11.4 Å². The van der Waals surface area contributed by atoms with Crippen LogP contribution in [0.25, 0.3) is 0 Å². The molecule has 0 aliphatic carbocycles. The predicted molar refractivity (Wildman–Crippen MR) is 23.7 cm³/mol. The maximum Gasteiger partial charge on any atom is 0.122 e. The minimum atomic E-state index is -0.546. The van der Waals surface area contributed by atoms with Gasteiger partial charge in [-0.1, -0.05) is 5.28 Å². The predicted octanol–water partition coefficient (Wildman–Crippen LogP) is -1.07. The standard InChI is InChI=1S/C3H7O2.Al/c1-3(5)2-4;/h3-5H,1-2H2;. The molecule has 1 unspecified atom stereocenters. The van der Waals surface area contributed by atoms with E-state index in [9.17, 15) is 0 Å². The first-order chi connectivity index (χ1) is 2.81. The highest BCUT2D eigenvalue weighted by Crippen LogP contribution is 1.81. The molecule has 0 saturated heterocycles. The van der Waals surface area contributed by atoms with Crippen molar-refractivity contribution in [1.29, 1.82) is 0 Å². The molecule has 0 saturated carbocycles. The van der Waals surface area contributed by atoms with Gasteiger partial charge < -0.3 is 10.2 Å². The zero-order valence-corrected chi connectivity index (χ0v) is 4.62. The van der Waals surface area contributed by atoms with Crippen molar-refractivity contribution in [3.63, 3.8) is 0 Å². The molecule has 3 heteroatoms. The minimum Gasteiger partial charge on any atom is -0.394 e. The molecular formula is C3H7AlO2. The Kier molecular flexibility index (Phi) is 3.91. The topological polar surface area (TPSA) is 40.5 Å². The van der Waals surface area contributed by atoms with Crippen molar-refractivity contribution >= 4 is 16.3 Å². The molecular weight excluding hydrogens is 95.0 g/mol. The van der Waals surface area contributed by atoms with E-state index in [1.54, 1.807) is 0 Å². The summed E-state index contributed by atoms with van der Waals surface area (Å²) in [4.78, 5) is 0. The highest BCUT2D eigenvalue weighted by atomic mass is 27.0. The molecule has 0 aromatic rings. The van der Waals surface area contributed by atoms with Gasteiger partial charge in [0.05, 0.1) is 12.7 Å². The minimum absolute atomic E-state index is 0.135. The zero-order valence-electron chi connectivity index (χ0n) is 3.46. The Hall–Kier alpha value is 0.452. The molecule has 0 aromatic carbocycles. The molecule has 0 aliphatic heterocycles. The summed E-state index contributed by atoms with van der Waals surface area (Å²) in [7, 11) is 0. The summed E-state index contributed by atoms with van der Waals surface area (Å²) in [6.45, 7) is -0.135. The summed E-state index contributed by atoms with van der Waals surface area (Å²) in [5, 5.41) is 17.0. The lowest BCUT2D eigenvalue weighted by Gasteiger charge is -1.98. The molecule has 0 spiro atoms. The Balaban J connectivity index is 2.75. The number of aliphatic hydroxyl groups excluding tert-OH is 2. The van der Waals surface area contributed by atoms with Gasteiger partial charge in [0.2, 0.25) is 0 Å². The van der Waals surface area contributed by atoms with Crippen LogP contribution in [0.2, 0.25) is 5.28 Å². The van der Waals surface area contributed by atoms with E-state index in [1.165, 1.54) is 0 Å². The fourth-order valence-electron chi connectivity index (χ4n) is 0.0745. The molecule has 0 rings (SSSR count). The van der Waals surface area contributed by atoms with Crippen LogP contribution in [0.5, 0.6) is 0 Å². The second-order valence-electron chi connectivity index (χ2n) is 1.07. The molecule has 0 bridgehead atoms. The summed E-state index contributed by atoms with van der Waals surface area (Å²) in [5.74, 6) is 0. The van der Waals surface area contributed by atoms with Crippen molar-refractivity contribution in [3.05, 3.63) is 0 Å². The van der Waals surface area contributed by atoms with Gasteiger partial charge in [-0.3, -0.25) is 0 Å². The third-order valence-electron chi connectivity index (χ3n) is 0.483. The van der Waals surface area contributed by atoms with E-state index in [0.717, 1.165) is 0 Å². The van der Waals surface area contributed by atoms with Crippen LogP contribution in [0.1, 0.15) is 0 Å². The highest BCUT2D eigenvalue weighted by molar-refractivity contribution is 6.08. The third kappa shape index (κ3) is 2.68. The summed E-state index contributed by atoms with van der Waals surface area (Å²) >= 11 is 2.33. The maximum atomic E-state index is 8.40. The smallest absolute Gasteiger partial charge is 0.122 e. The molecule has 0 fully saturated rings. The van der Waals surface area contributed by atoms with Crippen molar-refractivity contribution < 1.29 is 10.2 Å². The van der Waals surface area contributed by atoms with Crippen LogP contribution < -0.4 is 0 Å². The van der Waals surface area contributed by atoms with Gasteiger partial charge in [-0.2, -0.15) is 0 Å². The van der Waals surface area contributed by atoms with E-state index in [2.05, 4.69) is 16.3 Å². The van der Waals surface area contributed by atoms with Gasteiger partial charge >= 0.3 is 0 Å². The number of hydrogen-bond donors (Lipinski definition) is 2. The average molecular weight is 102 g/mol. The number of aliphatic hydroxyl groups is 2. The second kappa shape index (κ2) is 3.64. The summed E-state index contributed by atoms with van der Waals surface area (Å²) in [5.41, 5.74) is 0. The lowest BCUT2D eigenvalue weighted by atomic mass is 10.4. The third-order valence-corrected chi connectivity index (χ3v) is 1.03. The Morgan fingerprint density at radius 2 is 2.17 bits per heavy atom. The van der Waals surface area contributed by atoms with Crippen LogP contribution in [0.3, 0.4) is 0 Å². The van der Waals surface area contributed by atoms with Crippen LogP contribution in [0.4, 0.5) is 0 Å². The summed E-state index contributed by atoms with van der Waals surface area (Å²) < 4.78 is 0. The first-order valence-corrected chi connectivity index (χ1v) is 2.62. The summed E-state index contributed by atoms with van der Waals surface area (Å²) in [6, 6.07) is 0. The SMILES string of the molecule is OCC(O)[CH2][Al]. The van der Waals surface area contributed by atoms with Crippen LogP contribution in [-0.4, -0.2) is 39.2 Å². The molecule has 0 heterocycles. The Morgan fingerprint density at radius 1 is 1.67 bits per heavy atom. The Bertz CT molecular complexity index is 28.0. The molecule has 0 aromatic heterocycles. The van der Waals surface area contributed by atoms with E-state index in [1.807, 2.05) is 0 Å². The zero-order chi connectivity index (χ0) is 4.99. The largest absolute Gasteiger partial charge is 0.394 e. The number of rotatable bonds is 2. The lowest BCUT2D eigenvalue weighted by Crippen LogP contribution is -2.09. The van der Waals surface area contributed by atoms with Gasteiger partial charge in [-0.25, -0.2) is 0 Å². The average Bonchev–Trinajstić information content (AvgIpc) is 1.65. The lowest BCUT2D eigenvalue weighted by molar-refractivity contribution is 0.110. The molecule has 2 nitrogen and oxygen atoms in total. The van der Waals surface area contributed by atoms with Crippen molar-refractivity contribution in [2.24, 2.45) is 0 Å². The van der Waals surface area contributed by atoms with Gasteiger partial charge in [-0.05, 0) is 0 Å². The van der Waals surface area contributed by atoms with Gasteiger partial charge in [-0.15, -0.1) is 0 Å². The number of hydrogen-bond acceptors (Lipinski definition) is 2. The first kappa shape index (κ1) is 6.45. The van der Waals surface area contributed by atoms with E-state index in [-0.39, 0.29) is 6.61 Å². The van der Waals surface area contributed by atoms with E-state index >= 15 is 0 Å². The molecule has 2 radical (unpaired) electrons. The fourth-order valence-corrected chi connectivity index (χ4v) is 0.224. The van der Waals surface area contributed by atoms with Crippen LogP contribution >= 0.6 is 0 Å². The van der Waals surface area contributed by atoms with Crippen molar-refractivity contribution in [2.75, 3.05) is 6.61 Å². The highest BCUT2D eigenvalue weighted by Gasteiger charge is 1.91. The second-order valence-corrected chi connectivity index (χ2v) is 1.54. The monoisotopic (exact) mass is 102 g/mol. The van der Waals surface area contributed by atoms with Crippen LogP contribution in [-0.2, 0) is 0 Å². The van der Waals surface area contributed by atoms with Crippen LogP contribution in [0, 0.1) is 0 Å². The molecule has 0 amide bonds. The van der Waals surface area contributed by atoms with E-state index in [4.69, 9.17) is 10.2 Å². The van der Waals surface area contributed by atoms with E-state index < -0.39 is 6.10 Å². The van der Waals surface area contributed by atoms with Gasteiger partial charge in [0.15, 0.2) is 0 Å². The van der Waals surface area contributed by atoms with Crippen LogP contribution in [0.15, 0.2) is 0 Å². The Morgan fingerprint density at radius 3 is 2.17 bits per heavy atom. The molecule has 6 heavy (non-hydrogen) atoms. The Labute approximate surface area is 45.2 Å². The normalized spacial score (nSPS) is 14.3. The van der Waals surface area contributed by atoms with Gasteiger partial charge in [0, 0.05) is 0 Å². The molecule has 2 N–H and O–H groups in total. The first-order valence-electron chi connectivity index (χ1n) is 1.80. The molecule has 1 atom stereocenters. The van der Waals surface area contributed by atoms with Crippen molar-refractivity contribution in [1.82, 2.24) is 0 Å². The van der Waals surface area contributed by atoms with Gasteiger partial charge in [0.1, 0.15) is 16.3 Å². The quantitative estimate of drug-likeness (QED) is 0.436. The fraction of sp³-hybridized carbons (Fsp3) is 1.00. The van der Waals surface area contributed by atoms with Gasteiger partial charge in [0.25, 0.3) is 0 Å². The van der Waals surface area contributed by atoms with Crippen molar-refractivity contribution in [3.8, 4) is 0 Å². The molecule has 0 aliphatic rings. The van der Waals surface area contributed by atoms with E-state index in [0.29, 0.717) is 5.28 Å². The summed E-state index contributed by atoms with van der Waals surface area (Å²) in [6.07, 6.45) is -0.546. The molecule has 34 valence electrons. The maximum absolute atomic E-state index is 8.40.